The van der Waals surface area contributed by atoms with Gasteiger partial charge in [-0.1, -0.05) is 76.4 Å². The van der Waals surface area contributed by atoms with Gasteiger partial charge in [-0.3, -0.25) is 0 Å². The molecule has 0 aliphatic heterocycles. The minimum Gasteiger partial charge on any atom is -0.305 e. The van der Waals surface area contributed by atoms with Gasteiger partial charge in [0.1, 0.15) is 5.82 Å². The van der Waals surface area contributed by atoms with E-state index in [2.05, 4.69) is 74.6 Å². The predicted octanol–water partition coefficient (Wildman–Crippen LogP) is 10.1. The number of aromatic nitrogens is 2. The average molecular weight is 787 g/mol. The van der Waals surface area contributed by atoms with Gasteiger partial charge in [0.15, 0.2) is 0 Å². The molecule has 0 saturated heterocycles. The molecular formula is C37H37FIrN2SSi-2. The summed E-state index contributed by atoms with van der Waals surface area (Å²) in [6.45, 7) is 8.42. The molecule has 6 heteroatoms. The summed E-state index contributed by atoms with van der Waals surface area (Å²) in [5.41, 5.74) is 4.79. The SMILES string of the molecule is CC(C)(C)c1ccnc(-c2[c-]ccc3c2sc2cc(F)ccc23)c1.[2H]C([2H])([2H])c1c[c-]c(-c2cc(C([2H])([2H])[2H])c([Si](C)(C)C)cn2)cc1.[Ir]. The van der Waals surface area contributed by atoms with Crippen LogP contribution in [0.15, 0.2) is 79.1 Å². The second kappa shape index (κ2) is 12.9. The summed E-state index contributed by atoms with van der Waals surface area (Å²) in [6.07, 6.45) is 3.50. The van der Waals surface area contributed by atoms with Crippen LogP contribution in [0.25, 0.3) is 42.7 Å². The molecule has 0 aliphatic carbocycles. The number of rotatable bonds is 3. The number of nitrogens with zero attached hydrogens (tertiary/aromatic N) is 2. The fourth-order valence-corrected chi connectivity index (χ4v) is 7.29. The molecule has 2 nitrogen and oxygen atoms in total. The number of benzene rings is 3. The summed E-state index contributed by atoms with van der Waals surface area (Å²) < 4.78 is 61.2. The Kier molecular flexibility index (Phi) is 7.60. The van der Waals surface area contributed by atoms with Crippen molar-refractivity contribution in [1.29, 1.82) is 0 Å². The Balaban J connectivity index is 0.000000216. The van der Waals surface area contributed by atoms with Crippen LogP contribution in [0.2, 0.25) is 19.6 Å². The first-order valence-corrected chi connectivity index (χ1v) is 18.1. The summed E-state index contributed by atoms with van der Waals surface area (Å²) in [7, 11) is -1.85. The molecule has 6 rings (SSSR count). The minimum atomic E-state index is -2.22. The first kappa shape index (κ1) is 25.3. The molecule has 0 atom stereocenters. The number of pyridine rings is 2. The Morgan fingerprint density at radius 2 is 1.70 bits per heavy atom. The third kappa shape index (κ3) is 7.38. The van der Waals surface area contributed by atoms with Gasteiger partial charge in [-0.2, -0.15) is 11.3 Å². The van der Waals surface area contributed by atoms with E-state index in [1.54, 1.807) is 35.7 Å². The van der Waals surface area contributed by atoms with Crippen LogP contribution in [-0.4, -0.2) is 18.0 Å². The molecule has 1 radical (unpaired) electrons. The number of thiophene rings is 1. The zero-order valence-electron chi connectivity index (χ0n) is 31.0. The molecule has 6 aromatic rings. The standard InChI is InChI=1S/C21H17FNS.C16H20NSi.Ir/c1-21(2,3)13-9-10-23-18(11-13)17-6-4-5-16-15-8-7-14(22)12-19(15)24-20(16)17;1-12-6-8-14(9-7-12)15-10-13(2)16(11-17-15)18(3,4)5;/h4-5,7-12H,1-3H3;6-8,10-11H,1-5H3;/q2*-1;/i;1D3,2D3;. The van der Waals surface area contributed by atoms with Crippen molar-refractivity contribution in [2.45, 2.75) is 59.5 Å². The van der Waals surface area contributed by atoms with Crippen molar-refractivity contribution in [3.05, 3.63) is 114 Å². The number of fused-ring (bicyclic) bond motifs is 3. The van der Waals surface area contributed by atoms with Crippen molar-refractivity contribution >= 4 is 44.8 Å². The molecule has 3 aromatic carbocycles. The molecular weight excluding hydrogens is 744 g/mol. The molecule has 223 valence electrons. The van der Waals surface area contributed by atoms with Crippen molar-refractivity contribution in [1.82, 2.24) is 9.97 Å². The average Bonchev–Trinajstić information content (AvgIpc) is 3.37. The van der Waals surface area contributed by atoms with E-state index in [4.69, 9.17) is 8.22 Å². The van der Waals surface area contributed by atoms with Crippen molar-refractivity contribution < 1.29 is 32.7 Å². The third-order valence-corrected chi connectivity index (χ3v) is 10.3. The third-order valence-electron chi connectivity index (χ3n) is 7.08. The molecule has 0 amide bonds. The van der Waals surface area contributed by atoms with Crippen LogP contribution in [0.5, 0.6) is 0 Å². The van der Waals surface area contributed by atoms with E-state index < -0.39 is 21.8 Å². The topological polar surface area (TPSA) is 25.8 Å². The minimum absolute atomic E-state index is 0. The molecule has 3 heterocycles. The summed E-state index contributed by atoms with van der Waals surface area (Å²) in [5, 5.41) is 3.02. The van der Waals surface area contributed by atoms with E-state index in [1.807, 2.05) is 24.4 Å². The van der Waals surface area contributed by atoms with Gasteiger partial charge in [0.2, 0.25) is 0 Å². The van der Waals surface area contributed by atoms with Crippen molar-refractivity contribution in [3.63, 3.8) is 0 Å². The molecule has 0 spiro atoms. The van der Waals surface area contributed by atoms with E-state index in [0.29, 0.717) is 16.8 Å². The van der Waals surface area contributed by atoms with Crippen LogP contribution >= 0.6 is 11.3 Å². The number of halogens is 1. The van der Waals surface area contributed by atoms with E-state index >= 15 is 0 Å². The van der Waals surface area contributed by atoms with Gasteiger partial charge >= 0.3 is 0 Å². The summed E-state index contributed by atoms with van der Waals surface area (Å²) in [4.78, 5) is 8.96. The maximum Gasteiger partial charge on any atom is 0.124 e. The van der Waals surface area contributed by atoms with Crippen LogP contribution in [0.1, 0.15) is 45.7 Å². The number of hydrogen-bond donors (Lipinski definition) is 0. The van der Waals surface area contributed by atoms with Gasteiger partial charge in [-0.25, -0.2) is 4.39 Å². The monoisotopic (exact) mass is 787 g/mol. The predicted molar refractivity (Wildman–Crippen MR) is 181 cm³/mol. The number of aryl methyl sites for hydroxylation is 2. The van der Waals surface area contributed by atoms with E-state index in [0.717, 1.165) is 36.6 Å². The molecule has 43 heavy (non-hydrogen) atoms. The Bertz CT molecular complexity index is 2100. The molecule has 0 bridgehead atoms. The molecule has 0 N–H and O–H groups in total. The maximum atomic E-state index is 13.6. The normalized spacial score (nSPS) is 14.3. The quantitative estimate of drug-likeness (QED) is 0.132. The second-order valence-corrected chi connectivity index (χ2v) is 18.5. The van der Waals surface area contributed by atoms with Crippen molar-refractivity contribution in [3.8, 4) is 22.5 Å². The molecule has 0 fully saturated rings. The summed E-state index contributed by atoms with van der Waals surface area (Å²) in [6, 6.07) is 25.5. The smallest absolute Gasteiger partial charge is 0.124 e. The Morgan fingerprint density at radius 3 is 2.37 bits per heavy atom. The Labute approximate surface area is 282 Å². The molecule has 0 aliphatic rings. The largest absolute Gasteiger partial charge is 0.305 e. The second-order valence-electron chi connectivity index (χ2n) is 12.4. The van der Waals surface area contributed by atoms with Crippen LogP contribution in [0, 0.1) is 31.7 Å². The van der Waals surface area contributed by atoms with Gasteiger partial charge in [0.05, 0.1) is 8.07 Å². The van der Waals surface area contributed by atoms with Gasteiger partial charge in [-0.15, -0.1) is 59.2 Å². The van der Waals surface area contributed by atoms with Gasteiger partial charge in [0, 0.05) is 45.4 Å². The zero-order chi connectivity index (χ0) is 35.2. The summed E-state index contributed by atoms with van der Waals surface area (Å²) >= 11 is 1.60. The van der Waals surface area contributed by atoms with Gasteiger partial charge in [0.25, 0.3) is 0 Å². The van der Waals surface area contributed by atoms with Crippen LogP contribution < -0.4 is 5.19 Å². The van der Waals surface area contributed by atoms with Crippen LogP contribution in [0.4, 0.5) is 4.39 Å². The molecule has 3 aromatic heterocycles. The van der Waals surface area contributed by atoms with Crippen LogP contribution in [-0.2, 0) is 25.5 Å². The fourth-order valence-electron chi connectivity index (χ4n) is 4.72. The first-order valence-electron chi connectivity index (χ1n) is 16.8. The summed E-state index contributed by atoms with van der Waals surface area (Å²) in [5.74, 6) is -0.201. The maximum absolute atomic E-state index is 13.6. The molecule has 0 unspecified atom stereocenters. The van der Waals surface area contributed by atoms with Gasteiger partial charge in [-0.05, 0) is 62.7 Å². The van der Waals surface area contributed by atoms with E-state index in [1.165, 1.54) is 23.8 Å². The van der Waals surface area contributed by atoms with Gasteiger partial charge < -0.3 is 9.97 Å². The van der Waals surface area contributed by atoms with Crippen molar-refractivity contribution in [2.75, 3.05) is 0 Å². The Morgan fingerprint density at radius 1 is 0.884 bits per heavy atom. The van der Waals surface area contributed by atoms with E-state index in [-0.39, 0.29) is 36.9 Å². The van der Waals surface area contributed by atoms with Crippen LogP contribution in [0.3, 0.4) is 0 Å². The fraction of sp³-hybridized carbons (Fsp3) is 0.243. The van der Waals surface area contributed by atoms with E-state index in [9.17, 15) is 4.39 Å². The Hall–Kier alpha value is -3.02. The number of hydrogen-bond acceptors (Lipinski definition) is 3. The zero-order valence-corrected chi connectivity index (χ0v) is 29.2. The molecule has 0 saturated carbocycles. The first-order chi connectivity index (χ1) is 22.2. The van der Waals surface area contributed by atoms with Crippen molar-refractivity contribution in [2.24, 2.45) is 0 Å².